The van der Waals surface area contributed by atoms with Crippen LogP contribution >= 0.6 is 11.6 Å². The molecule has 1 saturated heterocycles. The average Bonchev–Trinajstić information content (AvgIpc) is 3.00. The van der Waals surface area contributed by atoms with E-state index < -0.39 is 23.5 Å². The number of carbonyl (C=O) groups is 2. The zero-order valence-electron chi connectivity index (χ0n) is 16.0. The fourth-order valence-corrected chi connectivity index (χ4v) is 3.65. The van der Waals surface area contributed by atoms with Crippen LogP contribution in [0, 0.1) is 12.7 Å². The molecule has 0 aromatic heterocycles. The number of benzene rings is 3. The summed E-state index contributed by atoms with van der Waals surface area (Å²) in [6, 6.07) is 18.1. The number of hydrogen-bond acceptors (Lipinski definition) is 3. The van der Waals surface area contributed by atoms with Crippen molar-refractivity contribution in [3.8, 4) is 0 Å². The maximum atomic E-state index is 13.4. The monoisotopic (exact) mass is 421 g/mol. The highest BCUT2D eigenvalue weighted by molar-refractivity contribution is 6.51. The zero-order chi connectivity index (χ0) is 21.4. The zero-order valence-corrected chi connectivity index (χ0v) is 16.7. The van der Waals surface area contributed by atoms with E-state index in [2.05, 4.69) is 0 Å². The van der Waals surface area contributed by atoms with E-state index in [4.69, 9.17) is 11.6 Å². The molecule has 0 radical (unpaired) electrons. The van der Waals surface area contributed by atoms with Gasteiger partial charge in [0.15, 0.2) is 0 Å². The van der Waals surface area contributed by atoms with E-state index in [0.29, 0.717) is 21.8 Å². The molecule has 1 atom stereocenters. The number of halogens is 2. The molecule has 1 amide bonds. The van der Waals surface area contributed by atoms with Crippen molar-refractivity contribution in [2.24, 2.45) is 0 Å². The van der Waals surface area contributed by atoms with Crippen molar-refractivity contribution in [3.63, 3.8) is 0 Å². The molecule has 1 N–H and O–H groups in total. The van der Waals surface area contributed by atoms with Crippen molar-refractivity contribution in [1.29, 1.82) is 0 Å². The second kappa shape index (κ2) is 7.76. The average molecular weight is 422 g/mol. The summed E-state index contributed by atoms with van der Waals surface area (Å²) in [7, 11) is 0. The normalized spacial score (nSPS) is 18.1. The van der Waals surface area contributed by atoms with E-state index in [1.54, 1.807) is 36.4 Å². The molecule has 30 heavy (non-hydrogen) atoms. The van der Waals surface area contributed by atoms with Gasteiger partial charge in [-0.15, -0.1) is 0 Å². The molecule has 0 unspecified atom stereocenters. The van der Waals surface area contributed by atoms with Gasteiger partial charge in [-0.25, -0.2) is 4.39 Å². The summed E-state index contributed by atoms with van der Waals surface area (Å²) < 4.78 is 13.4. The van der Waals surface area contributed by atoms with Gasteiger partial charge in [0.25, 0.3) is 11.7 Å². The first-order valence-corrected chi connectivity index (χ1v) is 9.63. The van der Waals surface area contributed by atoms with E-state index in [1.165, 1.54) is 29.2 Å². The van der Waals surface area contributed by atoms with Crippen molar-refractivity contribution in [2.75, 3.05) is 4.90 Å². The Morgan fingerprint density at radius 1 is 0.933 bits per heavy atom. The number of aliphatic hydroxyl groups excluding tert-OH is 1. The van der Waals surface area contributed by atoms with Gasteiger partial charge in [-0.3, -0.25) is 14.5 Å². The van der Waals surface area contributed by atoms with Crippen LogP contribution in [0.1, 0.15) is 22.7 Å². The molecule has 6 heteroatoms. The first-order valence-electron chi connectivity index (χ1n) is 9.26. The van der Waals surface area contributed by atoms with Crippen LogP contribution in [0.5, 0.6) is 0 Å². The minimum Gasteiger partial charge on any atom is -0.507 e. The highest BCUT2D eigenvalue weighted by atomic mass is 35.5. The standard InChI is InChI=1S/C24H17ClFNO3/c1-14-2-4-15(5-3-14)21-20(22(28)16-6-8-17(25)9-7-16)23(29)24(30)27(21)19-12-10-18(26)11-13-19/h2-13,21,28H,1H3/b22-20+/t21-/m0/s1. The number of anilines is 1. The van der Waals surface area contributed by atoms with Crippen LogP contribution in [0.25, 0.3) is 5.76 Å². The molecule has 4 nitrogen and oxygen atoms in total. The molecule has 1 fully saturated rings. The third kappa shape index (κ3) is 3.48. The summed E-state index contributed by atoms with van der Waals surface area (Å²) in [6.07, 6.45) is 0. The summed E-state index contributed by atoms with van der Waals surface area (Å²) >= 11 is 5.93. The van der Waals surface area contributed by atoms with Crippen LogP contribution in [-0.4, -0.2) is 16.8 Å². The fourth-order valence-electron chi connectivity index (χ4n) is 3.53. The van der Waals surface area contributed by atoms with E-state index in [9.17, 15) is 19.1 Å². The molecule has 0 bridgehead atoms. The van der Waals surface area contributed by atoms with Crippen LogP contribution in [0.15, 0.2) is 78.4 Å². The van der Waals surface area contributed by atoms with Gasteiger partial charge < -0.3 is 5.11 Å². The Hall–Kier alpha value is -3.44. The van der Waals surface area contributed by atoms with E-state index in [0.717, 1.165) is 5.56 Å². The van der Waals surface area contributed by atoms with Gasteiger partial charge in [0.1, 0.15) is 11.6 Å². The lowest BCUT2D eigenvalue weighted by atomic mass is 9.94. The molecule has 0 aliphatic carbocycles. The van der Waals surface area contributed by atoms with Gasteiger partial charge in [0.2, 0.25) is 0 Å². The third-order valence-electron chi connectivity index (χ3n) is 5.06. The van der Waals surface area contributed by atoms with Gasteiger partial charge in [0.05, 0.1) is 11.6 Å². The van der Waals surface area contributed by atoms with Crippen molar-refractivity contribution in [1.82, 2.24) is 0 Å². The van der Waals surface area contributed by atoms with Crippen LogP contribution in [0.3, 0.4) is 0 Å². The van der Waals surface area contributed by atoms with E-state index >= 15 is 0 Å². The smallest absolute Gasteiger partial charge is 0.300 e. The Kier molecular flexibility index (Phi) is 5.14. The molecule has 3 aromatic carbocycles. The Balaban J connectivity index is 1.93. The molecule has 4 rings (SSSR count). The number of aryl methyl sites for hydroxylation is 1. The van der Waals surface area contributed by atoms with Crippen molar-refractivity contribution < 1.29 is 19.1 Å². The number of hydrogen-bond donors (Lipinski definition) is 1. The minimum absolute atomic E-state index is 0.0319. The van der Waals surface area contributed by atoms with Crippen LogP contribution in [-0.2, 0) is 9.59 Å². The second-order valence-corrected chi connectivity index (χ2v) is 7.50. The summed E-state index contributed by atoms with van der Waals surface area (Å²) in [5.74, 6) is -2.34. The summed E-state index contributed by atoms with van der Waals surface area (Å²) in [5.41, 5.74) is 2.36. The van der Waals surface area contributed by atoms with E-state index in [-0.39, 0.29) is 11.3 Å². The lowest BCUT2D eigenvalue weighted by Crippen LogP contribution is -2.29. The summed E-state index contributed by atoms with van der Waals surface area (Å²) in [4.78, 5) is 27.2. The van der Waals surface area contributed by atoms with Gasteiger partial charge in [-0.2, -0.15) is 0 Å². The SMILES string of the molecule is Cc1ccc([C@H]2/C(=C(\O)c3ccc(Cl)cc3)C(=O)C(=O)N2c2ccc(F)cc2)cc1. The quantitative estimate of drug-likeness (QED) is 0.349. The fraction of sp³-hybridized carbons (Fsp3) is 0.0833. The minimum atomic E-state index is -0.855. The maximum Gasteiger partial charge on any atom is 0.300 e. The molecule has 150 valence electrons. The predicted octanol–water partition coefficient (Wildman–Crippen LogP) is 5.41. The largest absolute Gasteiger partial charge is 0.507 e. The molecular formula is C24H17ClFNO3. The Labute approximate surface area is 177 Å². The first kappa shape index (κ1) is 19.9. The molecule has 1 aliphatic rings. The lowest BCUT2D eigenvalue weighted by molar-refractivity contribution is -0.132. The molecule has 1 heterocycles. The van der Waals surface area contributed by atoms with Gasteiger partial charge >= 0.3 is 0 Å². The maximum absolute atomic E-state index is 13.4. The second-order valence-electron chi connectivity index (χ2n) is 7.06. The molecular weight excluding hydrogens is 405 g/mol. The lowest BCUT2D eigenvalue weighted by Gasteiger charge is -2.25. The highest BCUT2D eigenvalue weighted by Crippen LogP contribution is 2.42. The number of ketones is 1. The number of carbonyl (C=O) groups excluding carboxylic acids is 2. The molecule has 0 spiro atoms. The number of aliphatic hydroxyl groups is 1. The molecule has 0 saturated carbocycles. The van der Waals surface area contributed by atoms with Crippen LogP contribution in [0.2, 0.25) is 5.02 Å². The number of rotatable bonds is 3. The Morgan fingerprint density at radius 2 is 1.53 bits per heavy atom. The Bertz CT molecular complexity index is 1150. The van der Waals surface area contributed by atoms with Crippen molar-refractivity contribution in [3.05, 3.63) is 106 Å². The van der Waals surface area contributed by atoms with Crippen molar-refractivity contribution >= 4 is 34.7 Å². The van der Waals surface area contributed by atoms with Crippen LogP contribution < -0.4 is 4.90 Å². The highest BCUT2D eigenvalue weighted by Gasteiger charge is 2.46. The predicted molar refractivity (Wildman–Crippen MR) is 114 cm³/mol. The Morgan fingerprint density at radius 3 is 2.13 bits per heavy atom. The summed E-state index contributed by atoms with van der Waals surface area (Å²) in [5, 5.41) is 11.5. The summed E-state index contributed by atoms with van der Waals surface area (Å²) in [6.45, 7) is 1.93. The molecule has 3 aromatic rings. The number of amides is 1. The number of nitrogens with zero attached hydrogens (tertiary/aromatic N) is 1. The van der Waals surface area contributed by atoms with Gasteiger partial charge in [0, 0.05) is 16.3 Å². The van der Waals surface area contributed by atoms with Crippen LogP contribution in [0.4, 0.5) is 10.1 Å². The van der Waals surface area contributed by atoms with E-state index in [1.807, 2.05) is 19.1 Å². The molecule has 1 aliphatic heterocycles. The number of Topliss-reactive ketones (excluding diaryl/α,β-unsaturated/α-hetero) is 1. The van der Waals surface area contributed by atoms with Gasteiger partial charge in [-0.1, -0.05) is 41.4 Å². The first-order chi connectivity index (χ1) is 14.4. The topological polar surface area (TPSA) is 57.6 Å². The van der Waals surface area contributed by atoms with Gasteiger partial charge in [-0.05, 0) is 61.0 Å². The third-order valence-corrected chi connectivity index (χ3v) is 5.31. The van der Waals surface area contributed by atoms with Crippen molar-refractivity contribution in [2.45, 2.75) is 13.0 Å².